The van der Waals surface area contributed by atoms with Gasteiger partial charge in [0.15, 0.2) is 6.61 Å². The Balaban J connectivity index is 1.46. The van der Waals surface area contributed by atoms with Gasteiger partial charge in [0.25, 0.3) is 0 Å². The average Bonchev–Trinajstić information content (AvgIpc) is 2.72. The molecule has 0 fully saturated rings. The molecule has 2 aromatic carbocycles. The monoisotopic (exact) mass is 380 g/mol. The molecule has 0 saturated carbocycles. The number of rotatable bonds is 8. The predicted octanol–water partition coefficient (Wildman–Crippen LogP) is 3.65. The maximum absolute atomic E-state index is 12.1. The van der Waals surface area contributed by atoms with E-state index in [0.717, 1.165) is 11.1 Å². The van der Waals surface area contributed by atoms with Crippen LogP contribution in [0.2, 0.25) is 0 Å². The molecule has 0 radical (unpaired) electrons. The molecule has 1 aromatic heterocycles. The highest BCUT2D eigenvalue weighted by atomic mass is 16.6. The number of aryl methyl sites for hydroxylation is 1. The summed E-state index contributed by atoms with van der Waals surface area (Å²) in [6.45, 7) is 1.83. The summed E-state index contributed by atoms with van der Waals surface area (Å²) < 4.78 is 21.2. The lowest BCUT2D eigenvalue weighted by Gasteiger charge is -2.08. The third-order valence-corrected chi connectivity index (χ3v) is 3.84. The van der Waals surface area contributed by atoms with Crippen LogP contribution >= 0.6 is 0 Å². The van der Waals surface area contributed by atoms with Crippen molar-refractivity contribution in [2.75, 3.05) is 6.61 Å². The Labute approximate surface area is 162 Å². The summed E-state index contributed by atoms with van der Waals surface area (Å²) in [5.41, 5.74) is 1.69. The zero-order valence-electron chi connectivity index (χ0n) is 15.4. The van der Waals surface area contributed by atoms with Gasteiger partial charge in [-0.05, 0) is 24.6 Å². The lowest BCUT2D eigenvalue weighted by molar-refractivity contribution is -0.147. The molecule has 1 heterocycles. The van der Waals surface area contributed by atoms with Crippen molar-refractivity contribution in [1.29, 1.82) is 0 Å². The van der Waals surface area contributed by atoms with Gasteiger partial charge in [-0.15, -0.1) is 0 Å². The smallest absolute Gasteiger partial charge is 0.344 e. The molecular weight excluding hydrogens is 360 g/mol. The Hall–Kier alpha value is -3.54. The minimum atomic E-state index is -0.562. The van der Waals surface area contributed by atoms with Gasteiger partial charge in [-0.3, -0.25) is 4.79 Å². The van der Waals surface area contributed by atoms with E-state index in [1.807, 2.05) is 49.4 Å². The average molecular weight is 380 g/mol. The molecule has 0 amide bonds. The summed E-state index contributed by atoms with van der Waals surface area (Å²) in [7, 11) is 0. The van der Waals surface area contributed by atoms with Gasteiger partial charge in [0.05, 0.1) is 0 Å². The van der Waals surface area contributed by atoms with Gasteiger partial charge in [0.2, 0.25) is 11.2 Å². The molecule has 0 aliphatic rings. The first kappa shape index (κ1) is 19.2. The molecule has 3 rings (SSSR count). The fraction of sp³-hybridized carbons (Fsp3) is 0.182. The van der Waals surface area contributed by atoms with Gasteiger partial charge < -0.3 is 18.6 Å². The summed E-state index contributed by atoms with van der Waals surface area (Å²) in [4.78, 5) is 23.9. The van der Waals surface area contributed by atoms with Crippen LogP contribution in [0.25, 0.3) is 0 Å². The quantitative estimate of drug-likeness (QED) is 0.555. The second-order valence-electron chi connectivity index (χ2n) is 6.11. The number of hydrogen-bond acceptors (Lipinski definition) is 6. The number of hydrogen-bond donors (Lipinski definition) is 0. The molecule has 6 heteroatoms. The lowest BCUT2D eigenvalue weighted by Crippen LogP contribution is -2.15. The van der Waals surface area contributed by atoms with Crippen molar-refractivity contribution >= 4 is 5.97 Å². The highest BCUT2D eigenvalue weighted by Crippen LogP contribution is 2.12. The normalized spacial score (nSPS) is 10.3. The zero-order chi connectivity index (χ0) is 19.8. The van der Waals surface area contributed by atoms with Gasteiger partial charge in [-0.2, -0.15) is 0 Å². The maximum Gasteiger partial charge on any atom is 0.344 e. The standard InChI is InChI=1S/C22H20O6/c1-16-7-9-18(10-8-16)26-15-22(24)28-13-19-11-20(23)21(14-25-19)27-12-17-5-3-2-4-6-17/h2-11,14H,12-13,15H2,1H3. The molecule has 0 atom stereocenters. The molecule has 144 valence electrons. The fourth-order valence-corrected chi connectivity index (χ4v) is 2.32. The van der Waals surface area contributed by atoms with Gasteiger partial charge >= 0.3 is 5.97 Å². The number of esters is 1. The van der Waals surface area contributed by atoms with Crippen LogP contribution in [0.1, 0.15) is 16.9 Å². The number of benzene rings is 2. The highest BCUT2D eigenvalue weighted by molar-refractivity contribution is 5.71. The van der Waals surface area contributed by atoms with E-state index in [0.29, 0.717) is 5.75 Å². The molecule has 3 aromatic rings. The third-order valence-electron chi connectivity index (χ3n) is 3.84. The Morgan fingerprint density at radius 2 is 1.71 bits per heavy atom. The molecule has 0 spiro atoms. The van der Waals surface area contributed by atoms with E-state index >= 15 is 0 Å². The minimum Gasteiger partial charge on any atom is -0.482 e. The summed E-state index contributed by atoms with van der Waals surface area (Å²) in [5.74, 6) is 0.337. The summed E-state index contributed by atoms with van der Waals surface area (Å²) in [5, 5.41) is 0. The van der Waals surface area contributed by atoms with Crippen LogP contribution in [0.3, 0.4) is 0 Å². The Morgan fingerprint density at radius 1 is 0.964 bits per heavy atom. The van der Waals surface area contributed by atoms with Gasteiger partial charge in [-0.1, -0.05) is 48.0 Å². The Bertz CT molecular complexity index is 960. The molecule has 28 heavy (non-hydrogen) atoms. The minimum absolute atomic E-state index is 0.0987. The predicted molar refractivity (Wildman–Crippen MR) is 102 cm³/mol. The van der Waals surface area contributed by atoms with Gasteiger partial charge in [0.1, 0.15) is 31.0 Å². The molecule has 0 bridgehead atoms. The third kappa shape index (κ3) is 5.74. The van der Waals surface area contributed by atoms with Crippen molar-refractivity contribution in [3.63, 3.8) is 0 Å². The molecule has 6 nitrogen and oxygen atoms in total. The Kier molecular flexibility index (Phi) is 6.46. The maximum atomic E-state index is 12.1. The largest absolute Gasteiger partial charge is 0.482 e. The summed E-state index contributed by atoms with van der Waals surface area (Å²) in [6, 6.07) is 18.0. The number of ether oxygens (including phenoxy) is 3. The molecule has 0 aliphatic heterocycles. The summed E-state index contributed by atoms with van der Waals surface area (Å²) >= 11 is 0. The van der Waals surface area contributed by atoms with Crippen molar-refractivity contribution in [3.05, 3.63) is 94.0 Å². The Morgan fingerprint density at radius 3 is 2.43 bits per heavy atom. The van der Waals surface area contributed by atoms with Crippen molar-refractivity contribution in [2.45, 2.75) is 20.1 Å². The van der Waals surface area contributed by atoms with E-state index in [4.69, 9.17) is 18.6 Å². The fourth-order valence-electron chi connectivity index (χ4n) is 2.32. The molecule has 0 unspecified atom stereocenters. The van der Waals surface area contributed by atoms with Crippen LogP contribution in [0, 0.1) is 6.92 Å². The van der Waals surface area contributed by atoms with Crippen LogP contribution in [0.5, 0.6) is 11.5 Å². The van der Waals surface area contributed by atoms with Crippen LogP contribution < -0.4 is 14.9 Å². The van der Waals surface area contributed by atoms with E-state index in [9.17, 15) is 9.59 Å². The van der Waals surface area contributed by atoms with Crippen molar-refractivity contribution < 1.29 is 23.4 Å². The van der Waals surface area contributed by atoms with Crippen LogP contribution in [0.4, 0.5) is 0 Å². The highest BCUT2D eigenvalue weighted by Gasteiger charge is 2.09. The number of carbonyl (C=O) groups excluding carboxylic acids is 1. The first-order valence-corrected chi connectivity index (χ1v) is 8.74. The van der Waals surface area contributed by atoms with Crippen LogP contribution in [0.15, 0.2) is 76.1 Å². The summed E-state index contributed by atoms with van der Waals surface area (Å²) in [6.07, 6.45) is 1.22. The topological polar surface area (TPSA) is 75.0 Å². The van der Waals surface area contributed by atoms with Crippen LogP contribution in [-0.2, 0) is 22.7 Å². The van der Waals surface area contributed by atoms with Gasteiger partial charge in [-0.25, -0.2) is 4.79 Å². The molecule has 0 aliphatic carbocycles. The zero-order valence-corrected chi connectivity index (χ0v) is 15.4. The van der Waals surface area contributed by atoms with Gasteiger partial charge in [0, 0.05) is 6.07 Å². The van der Waals surface area contributed by atoms with E-state index in [1.54, 1.807) is 12.1 Å². The lowest BCUT2D eigenvalue weighted by atomic mass is 10.2. The van der Waals surface area contributed by atoms with Crippen molar-refractivity contribution in [2.24, 2.45) is 0 Å². The van der Waals surface area contributed by atoms with E-state index in [2.05, 4.69) is 0 Å². The van der Waals surface area contributed by atoms with Crippen LogP contribution in [-0.4, -0.2) is 12.6 Å². The van der Waals surface area contributed by atoms with Crippen molar-refractivity contribution in [3.8, 4) is 11.5 Å². The van der Waals surface area contributed by atoms with E-state index in [-0.39, 0.29) is 36.8 Å². The van der Waals surface area contributed by atoms with E-state index < -0.39 is 5.97 Å². The second kappa shape index (κ2) is 9.41. The second-order valence-corrected chi connectivity index (χ2v) is 6.11. The first-order chi connectivity index (χ1) is 13.6. The number of carbonyl (C=O) groups is 1. The molecule has 0 N–H and O–H groups in total. The van der Waals surface area contributed by atoms with E-state index in [1.165, 1.54) is 12.3 Å². The molecular formula is C22H20O6. The SMILES string of the molecule is Cc1ccc(OCC(=O)OCc2cc(=O)c(OCc3ccccc3)co2)cc1. The molecule has 0 saturated heterocycles. The van der Waals surface area contributed by atoms with Crippen molar-refractivity contribution in [1.82, 2.24) is 0 Å². The first-order valence-electron chi connectivity index (χ1n) is 8.74.